The normalized spacial score (nSPS) is 33.3. The quantitative estimate of drug-likeness (QED) is 0.792. The molecular formula is C11H15N3O. The Balaban J connectivity index is 1.64. The van der Waals surface area contributed by atoms with Gasteiger partial charge in [0.1, 0.15) is 5.82 Å². The van der Waals surface area contributed by atoms with Gasteiger partial charge in [-0.15, -0.1) is 5.10 Å². The number of aromatic nitrogens is 2. The van der Waals surface area contributed by atoms with E-state index in [0.29, 0.717) is 18.1 Å². The second-order valence-corrected chi connectivity index (χ2v) is 4.41. The number of ether oxygens (including phenoxy) is 1. The van der Waals surface area contributed by atoms with Gasteiger partial charge in [0.25, 0.3) is 0 Å². The highest BCUT2D eigenvalue weighted by Gasteiger charge is 2.45. The van der Waals surface area contributed by atoms with Gasteiger partial charge in [-0.3, -0.25) is 0 Å². The van der Waals surface area contributed by atoms with Crippen LogP contribution in [0.3, 0.4) is 0 Å². The van der Waals surface area contributed by atoms with Gasteiger partial charge in [0.2, 0.25) is 0 Å². The van der Waals surface area contributed by atoms with Crippen LogP contribution in [0.5, 0.6) is 0 Å². The van der Waals surface area contributed by atoms with Crippen LogP contribution in [0.1, 0.15) is 18.5 Å². The molecule has 1 aromatic rings. The minimum absolute atomic E-state index is 0.501. The van der Waals surface area contributed by atoms with E-state index in [0.717, 1.165) is 24.5 Å². The minimum Gasteiger partial charge on any atom is -0.378 e. The zero-order valence-corrected chi connectivity index (χ0v) is 8.81. The molecule has 3 atom stereocenters. The van der Waals surface area contributed by atoms with E-state index in [2.05, 4.69) is 15.5 Å². The predicted molar refractivity (Wildman–Crippen MR) is 56.6 cm³/mol. The highest BCUT2D eigenvalue weighted by Crippen LogP contribution is 2.39. The van der Waals surface area contributed by atoms with Gasteiger partial charge < -0.3 is 10.1 Å². The summed E-state index contributed by atoms with van der Waals surface area (Å²) in [4.78, 5) is 0. The summed E-state index contributed by atoms with van der Waals surface area (Å²) >= 11 is 0. The van der Waals surface area contributed by atoms with Gasteiger partial charge >= 0.3 is 0 Å². The van der Waals surface area contributed by atoms with E-state index in [4.69, 9.17) is 4.74 Å². The summed E-state index contributed by atoms with van der Waals surface area (Å²) in [5.74, 6) is 1.57. The van der Waals surface area contributed by atoms with Crippen molar-refractivity contribution in [2.24, 2.45) is 5.92 Å². The third kappa shape index (κ3) is 1.59. The number of anilines is 1. The Labute approximate surface area is 89.0 Å². The fraction of sp³-hybridized carbons (Fsp3) is 0.636. The van der Waals surface area contributed by atoms with Crippen molar-refractivity contribution < 1.29 is 4.74 Å². The van der Waals surface area contributed by atoms with E-state index in [-0.39, 0.29) is 0 Å². The summed E-state index contributed by atoms with van der Waals surface area (Å²) < 4.78 is 5.56. The number of fused-ring (bicyclic) bond motifs is 1. The average molecular weight is 205 g/mol. The van der Waals surface area contributed by atoms with Crippen molar-refractivity contribution in [1.29, 1.82) is 0 Å². The van der Waals surface area contributed by atoms with Crippen molar-refractivity contribution in [3.8, 4) is 0 Å². The van der Waals surface area contributed by atoms with Crippen LogP contribution in [-0.2, 0) is 4.74 Å². The zero-order valence-electron chi connectivity index (χ0n) is 8.81. The Hall–Kier alpha value is -1.16. The number of aryl methyl sites for hydroxylation is 1. The first-order chi connectivity index (χ1) is 7.33. The lowest BCUT2D eigenvalue weighted by molar-refractivity contribution is 0.0246. The van der Waals surface area contributed by atoms with Crippen molar-refractivity contribution in [2.75, 3.05) is 11.9 Å². The van der Waals surface area contributed by atoms with Gasteiger partial charge in [0.15, 0.2) is 0 Å². The second-order valence-electron chi connectivity index (χ2n) is 4.41. The molecule has 2 aliphatic rings. The summed E-state index contributed by atoms with van der Waals surface area (Å²) in [5.41, 5.74) is 0.955. The molecule has 0 spiro atoms. The third-order valence-corrected chi connectivity index (χ3v) is 3.39. The van der Waals surface area contributed by atoms with Crippen molar-refractivity contribution in [3.63, 3.8) is 0 Å². The molecule has 4 heteroatoms. The molecule has 0 bridgehead atoms. The maximum absolute atomic E-state index is 5.56. The topological polar surface area (TPSA) is 47.0 Å². The molecule has 15 heavy (non-hydrogen) atoms. The molecule has 0 unspecified atom stereocenters. The van der Waals surface area contributed by atoms with Gasteiger partial charge in [-0.2, -0.15) is 5.10 Å². The third-order valence-electron chi connectivity index (χ3n) is 3.39. The smallest absolute Gasteiger partial charge is 0.148 e. The maximum atomic E-state index is 5.56. The lowest BCUT2D eigenvalue weighted by atomic mass is 9.76. The fourth-order valence-electron chi connectivity index (χ4n) is 2.43. The fourth-order valence-corrected chi connectivity index (χ4v) is 2.43. The highest BCUT2D eigenvalue weighted by molar-refractivity contribution is 5.35. The number of nitrogens with one attached hydrogen (secondary N) is 1. The second kappa shape index (κ2) is 3.45. The SMILES string of the molecule is Cc1ccc(N[C@H]2C[C@@H]3OCC[C@H]23)nn1. The molecule has 1 aliphatic heterocycles. The van der Waals surface area contributed by atoms with Crippen LogP contribution in [0.25, 0.3) is 0 Å². The largest absolute Gasteiger partial charge is 0.378 e. The Morgan fingerprint density at radius 1 is 1.40 bits per heavy atom. The van der Waals surface area contributed by atoms with Gasteiger partial charge in [0.05, 0.1) is 11.8 Å². The number of nitrogens with zero attached hydrogens (tertiary/aromatic N) is 2. The van der Waals surface area contributed by atoms with Crippen LogP contribution >= 0.6 is 0 Å². The van der Waals surface area contributed by atoms with Crippen LogP contribution in [0.4, 0.5) is 5.82 Å². The van der Waals surface area contributed by atoms with E-state index in [1.807, 2.05) is 19.1 Å². The van der Waals surface area contributed by atoms with E-state index < -0.39 is 0 Å². The Morgan fingerprint density at radius 3 is 3.07 bits per heavy atom. The molecule has 1 saturated heterocycles. The van der Waals surface area contributed by atoms with E-state index in [1.54, 1.807) is 0 Å². The standard InChI is InChI=1S/C11H15N3O/c1-7-2-3-11(14-13-7)12-9-6-10-8(9)4-5-15-10/h2-3,8-10H,4-6H2,1H3,(H,12,14)/t8-,9+,10+/m1/s1. The van der Waals surface area contributed by atoms with Gasteiger partial charge in [-0.05, 0) is 31.9 Å². The van der Waals surface area contributed by atoms with Gasteiger partial charge in [-0.1, -0.05) is 0 Å². The van der Waals surface area contributed by atoms with Gasteiger partial charge in [-0.25, -0.2) is 0 Å². The Morgan fingerprint density at radius 2 is 2.33 bits per heavy atom. The number of hydrogen-bond donors (Lipinski definition) is 1. The van der Waals surface area contributed by atoms with Crippen LogP contribution in [0.2, 0.25) is 0 Å². The molecule has 0 amide bonds. The lowest BCUT2D eigenvalue weighted by Crippen LogP contribution is -2.47. The van der Waals surface area contributed by atoms with Gasteiger partial charge in [0, 0.05) is 18.6 Å². The monoisotopic (exact) mass is 205 g/mol. The molecule has 80 valence electrons. The Kier molecular flexibility index (Phi) is 2.09. The van der Waals surface area contributed by atoms with Crippen molar-refractivity contribution >= 4 is 5.82 Å². The molecule has 1 aromatic heterocycles. The van der Waals surface area contributed by atoms with Crippen molar-refractivity contribution in [3.05, 3.63) is 17.8 Å². The molecule has 0 radical (unpaired) electrons. The predicted octanol–water partition coefficient (Wildman–Crippen LogP) is 1.37. The van der Waals surface area contributed by atoms with E-state index >= 15 is 0 Å². The molecule has 2 fully saturated rings. The van der Waals surface area contributed by atoms with Crippen LogP contribution in [0, 0.1) is 12.8 Å². The highest BCUT2D eigenvalue weighted by atomic mass is 16.5. The summed E-state index contributed by atoms with van der Waals surface area (Å²) in [6.45, 7) is 2.87. The van der Waals surface area contributed by atoms with Crippen molar-refractivity contribution in [2.45, 2.75) is 31.9 Å². The van der Waals surface area contributed by atoms with Crippen LogP contribution in [-0.4, -0.2) is 29.0 Å². The lowest BCUT2D eigenvalue weighted by Gasteiger charge is -2.39. The van der Waals surface area contributed by atoms with E-state index in [1.165, 1.54) is 6.42 Å². The molecule has 1 aliphatic carbocycles. The van der Waals surface area contributed by atoms with Crippen LogP contribution < -0.4 is 5.32 Å². The molecular weight excluding hydrogens is 190 g/mol. The first-order valence-electron chi connectivity index (χ1n) is 5.51. The molecule has 0 aromatic carbocycles. The molecule has 2 heterocycles. The van der Waals surface area contributed by atoms with Crippen molar-refractivity contribution in [1.82, 2.24) is 10.2 Å². The first kappa shape index (κ1) is 9.09. The number of rotatable bonds is 2. The summed E-state index contributed by atoms with van der Waals surface area (Å²) in [6.07, 6.45) is 2.79. The molecule has 3 rings (SSSR count). The summed E-state index contributed by atoms with van der Waals surface area (Å²) in [7, 11) is 0. The summed E-state index contributed by atoms with van der Waals surface area (Å²) in [6, 6.07) is 4.51. The van der Waals surface area contributed by atoms with E-state index in [9.17, 15) is 0 Å². The Bertz CT molecular complexity index is 351. The molecule has 1 saturated carbocycles. The first-order valence-corrected chi connectivity index (χ1v) is 5.51. The maximum Gasteiger partial charge on any atom is 0.148 e. The number of hydrogen-bond acceptors (Lipinski definition) is 4. The molecule has 4 nitrogen and oxygen atoms in total. The average Bonchev–Trinajstić information content (AvgIpc) is 2.59. The van der Waals surface area contributed by atoms with Crippen LogP contribution in [0.15, 0.2) is 12.1 Å². The zero-order chi connectivity index (χ0) is 10.3. The summed E-state index contributed by atoms with van der Waals surface area (Å²) in [5, 5.41) is 11.6. The molecule has 1 N–H and O–H groups in total. The minimum atomic E-state index is 0.501.